The van der Waals surface area contributed by atoms with Gasteiger partial charge >= 0.3 is 5.69 Å². The van der Waals surface area contributed by atoms with E-state index in [1.165, 1.54) is 11.7 Å². The maximum atomic E-state index is 11.8. The normalized spacial score (nSPS) is 18.8. The third-order valence-electron chi connectivity index (χ3n) is 3.30. The van der Waals surface area contributed by atoms with E-state index in [0.717, 1.165) is 4.90 Å². The van der Waals surface area contributed by atoms with E-state index >= 15 is 0 Å². The molecule has 1 saturated heterocycles. The lowest BCUT2D eigenvalue weighted by Crippen LogP contribution is -2.32. The third kappa shape index (κ3) is 2.10. The first-order valence-electron chi connectivity index (χ1n) is 6.14. The summed E-state index contributed by atoms with van der Waals surface area (Å²) in [5.41, 5.74) is 0.190. The number of hydrogen-bond donors (Lipinski definition) is 1. The van der Waals surface area contributed by atoms with Crippen molar-refractivity contribution in [1.82, 2.24) is 14.7 Å². The Morgan fingerprint density at radius 1 is 1.45 bits per heavy atom. The van der Waals surface area contributed by atoms with E-state index in [2.05, 4.69) is 10.4 Å². The van der Waals surface area contributed by atoms with Crippen molar-refractivity contribution in [3.8, 4) is 0 Å². The predicted molar refractivity (Wildman–Crippen MR) is 69.0 cm³/mol. The van der Waals surface area contributed by atoms with Crippen LogP contribution in [0.25, 0.3) is 0 Å². The van der Waals surface area contributed by atoms with Crippen molar-refractivity contribution in [1.29, 1.82) is 0 Å². The number of carbonyl (C=O) groups excluding carboxylic acids is 2. The lowest BCUT2D eigenvalue weighted by atomic mass is 10.2. The third-order valence-corrected chi connectivity index (χ3v) is 3.30. The largest absolute Gasteiger partial charge is 0.352 e. The van der Waals surface area contributed by atoms with Crippen molar-refractivity contribution in [3.05, 3.63) is 15.8 Å². The zero-order chi connectivity index (χ0) is 15.0. The molecule has 2 rings (SSSR count). The molecule has 1 unspecified atom stereocenters. The lowest BCUT2D eigenvalue weighted by Gasteiger charge is -2.11. The van der Waals surface area contributed by atoms with E-state index in [0.29, 0.717) is 12.1 Å². The van der Waals surface area contributed by atoms with Crippen LogP contribution in [0.15, 0.2) is 0 Å². The van der Waals surface area contributed by atoms with Crippen LogP contribution >= 0.6 is 0 Å². The fourth-order valence-corrected chi connectivity index (χ4v) is 2.19. The molecule has 2 heterocycles. The Morgan fingerprint density at radius 2 is 2.10 bits per heavy atom. The molecule has 0 radical (unpaired) electrons. The van der Waals surface area contributed by atoms with Gasteiger partial charge in [0.2, 0.25) is 11.7 Å². The number of rotatable bonds is 4. The number of nitro groups is 1. The zero-order valence-corrected chi connectivity index (χ0v) is 11.4. The molecule has 108 valence electrons. The second kappa shape index (κ2) is 4.91. The average Bonchev–Trinajstić information content (AvgIpc) is 2.83. The van der Waals surface area contributed by atoms with Gasteiger partial charge in [-0.25, -0.2) is 4.68 Å². The summed E-state index contributed by atoms with van der Waals surface area (Å²) in [6, 6.07) is -0.786. The van der Waals surface area contributed by atoms with E-state index in [1.54, 1.807) is 14.0 Å². The van der Waals surface area contributed by atoms with Gasteiger partial charge in [-0.2, -0.15) is 5.10 Å². The molecule has 1 aliphatic rings. The van der Waals surface area contributed by atoms with E-state index in [4.69, 9.17) is 0 Å². The van der Waals surface area contributed by atoms with Crippen LogP contribution in [0.2, 0.25) is 0 Å². The topological polar surface area (TPSA) is 110 Å². The van der Waals surface area contributed by atoms with Crippen molar-refractivity contribution < 1.29 is 14.5 Å². The number of carbonyl (C=O) groups is 2. The Morgan fingerprint density at radius 3 is 2.55 bits per heavy atom. The Bertz CT molecular complexity index is 594. The number of imide groups is 1. The number of anilines is 1. The van der Waals surface area contributed by atoms with Gasteiger partial charge in [-0.3, -0.25) is 24.6 Å². The molecule has 20 heavy (non-hydrogen) atoms. The molecule has 0 saturated carbocycles. The minimum absolute atomic E-state index is 0.0148. The molecule has 1 aromatic heterocycles. The van der Waals surface area contributed by atoms with E-state index in [9.17, 15) is 19.7 Å². The number of hydrogen-bond acceptors (Lipinski definition) is 6. The van der Waals surface area contributed by atoms with Gasteiger partial charge in [0.05, 0.1) is 11.3 Å². The first-order chi connectivity index (χ1) is 9.36. The van der Waals surface area contributed by atoms with Gasteiger partial charge in [0.25, 0.3) is 5.91 Å². The highest BCUT2D eigenvalue weighted by molar-refractivity contribution is 6.06. The Kier molecular flexibility index (Phi) is 3.43. The number of likely N-dealkylation sites (N-methyl/N-ethyl adjacent to an activating group) is 1. The van der Waals surface area contributed by atoms with Gasteiger partial charge in [-0.05, 0) is 6.42 Å². The number of likely N-dealkylation sites (tertiary alicyclic amines) is 1. The molecule has 2 amide bonds. The number of aromatic nitrogens is 2. The Hall–Kier alpha value is -2.45. The van der Waals surface area contributed by atoms with Gasteiger partial charge < -0.3 is 5.32 Å². The van der Waals surface area contributed by atoms with Crippen LogP contribution in [0.1, 0.15) is 19.0 Å². The summed E-state index contributed by atoms with van der Waals surface area (Å²) >= 11 is 0. The molecular weight excluding hydrogens is 266 g/mol. The quantitative estimate of drug-likeness (QED) is 0.474. The van der Waals surface area contributed by atoms with Crippen LogP contribution in [-0.2, 0) is 23.1 Å². The van der Waals surface area contributed by atoms with Crippen LogP contribution in [0, 0.1) is 10.1 Å². The van der Waals surface area contributed by atoms with Crippen LogP contribution < -0.4 is 5.32 Å². The van der Waals surface area contributed by atoms with Gasteiger partial charge in [0.15, 0.2) is 0 Å². The molecular formula is C11H15N5O4. The van der Waals surface area contributed by atoms with Crippen LogP contribution in [0.5, 0.6) is 0 Å². The van der Waals surface area contributed by atoms with E-state index in [1.807, 2.05) is 0 Å². The van der Waals surface area contributed by atoms with E-state index < -0.39 is 16.9 Å². The Balaban J connectivity index is 2.35. The van der Waals surface area contributed by atoms with Crippen LogP contribution in [0.4, 0.5) is 11.5 Å². The second-order valence-electron chi connectivity index (χ2n) is 4.57. The van der Waals surface area contributed by atoms with E-state index in [-0.39, 0.29) is 23.8 Å². The molecule has 0 aliphatic carbocycles. The molecule has 1 N–H and O–H groups in total. The van der Waals surface area contributed by atoms with Crippen molar-refractivity contribution in [3.63, 3.8) is 0 Å². The molecule has 9 heteroatoms. The minimum Gasteiger partial charge on any atom is -0.352 e. The summed E-state index contributed by atoms with van der Waals surface area (Å²) < 4.78 is 1.33. The summed E-state index contributed by atoms with van der Waals surface area (Å²) in [6.07, 6.45) is 0.391. The van der Waals surface area contributed by atoms with Gasteiger partial charge in [0, 0.05) is 14.1 Å². The maximum Gasteiger partial charge on any atom is 0.334 e. The van der Waals surface area contributed by atoms with Gasteiger partial charge in [0.1, 0.15) is 11.7 Å². The fourth-order valence-electron chi connectivity index (χ4n) is 2.19. The standard InChI is InChI=1S/C11H15N5O4/c1-4-6-9(16(19)20)10(15(3)13-6)12-7-5-8(17)14(2)11(7)18/h7,12H,4-5H2,1-3H3. The monoisotopic (exact) mass is 281 g/mol. The highest BCUT2D eigenvalue weighted by Crippen LogP contribution is 2.30. The number of nitrogens with one attached hydrogen (secondary N) is 1. The molecule has 1 aliphatic heterocycles. The van der Waals surface area contributed by atoms with Crippen LogP contribution in [-0.4, -0.2) is 44.5 Å². The molecule has 1 aromatic rings. The number of amides is 2. The molecule has 9 nitrogen and oxygen atoms in total. The van der Waals surface area contributed by atoms with Crippen LogP contribution in [0.3, 0.4) is 0 Å². The molecule has 0 bridgehead atoms. The molecule has 0 spiro atoms. The second-order valence-corrected chi connectivity index (χ2v) is 4.57. The minimum atomic E-state index is -0.786. The average molecular weight is 281 g/mol. The predicted octanol–water partition coefficient (Wildman–Crippen LogP) is 0.0599. The highest BCUT2D eigenvalue weighted by atomic mass is 16.6. The summed E-state index contributed by atoms with van der Waals surface area (Å²) in [7, 11) is 2.95. The fraction of sp³-hybridized carbons (Fsp3) is 0.545. The van der Waals surface area contributed by atoms with Crippen molar-refractivity contribution >= 4 is 23.3 Å². The highest BCUT2D eigenvalue weighted by Gasteiger charge is 2.38. The first kappa shape index (κ1) is 14.0. The SMILES string of the molecule is CCc1nn(C)c(NC2CC(=O)N(C)C2=O)c1[N+](=O)[O-]. The smallest absolute Gasteiger partial charge is 0.334 e. The molecule has 0 aromatic carbocycles. The molecule has 1 atom stereocenters. The maximum absolute atomic E-state index is 11.8. The van der Waals surface area contributed by atoms with Crippen molar-refractivity contribution in [2.75, 3.05) is 12.4 Å². The lowest BCUT2D eigenvalue weighted by molar-refractivity contribution is -0.384. The summed E-state index contributed by atoms with van der Waals surface area (Å²) in [5.74, 6) is -0.565. The zero-order valence-electron chi connectivity index (χ0n) is 11.4. The van der Waals surface area contributed by atoms with Gasteiger partial charge in [-0.15, -0.1) is 0 Å². The summed E-state index contributed by atoms with van der Waals surface area (Å²) in [6.45, 7) is 1.76. The first-order valence-corrected chi connectivity index (χ1v) is 6.14. The number of aryl methyl sites for hydroxylation is 2. The number of nitrogens with zero attached hydrogens (tertiary/aromatic N) is 4. The summed E-state index contributed by atoms with van der Waals surface area (Å²) in [4.78, 5) is 34.9. The van der Waals surface area contributed by atoms with Crippen molar-refractivity contribution in [2.24, 2.45) is 7.05 Å². The van der Waals surface area contributed by atoms with Crippen molar-refractivity contribution in [2.45, 2.75) is 25.8 Å². The van der Waals surface area contributed by atoms with Gasteiger partial charge in [-0.1, -0.05) is 6.92 Å². The summed E-state index contributed by atoms with van der Waals surface area (Å²) in [5, 5.41) is 18.0. The Labute approximate surface area is 114 Å². The molecule has 1 fully saturated rings.